The molecule has 0 aromatic heterocycles. The monoisotopic (exact) mass is 190 g/mol. The molecule has 5 nitrogen and oxygen atoms in total. The van der Waals surface area contributed by atoms with Crippen molar-refractivity contribution in [3.63, 3.8) is 0 Å². The van der Waals surface area contributed by atoms with E-state index >= 15 is 0 Å². The minimum absolute atomic E-state index is 0.259. The van der Waals surface area contributed by atoms with E-state index < -0.39 is 24.4 Å². The smallest absolute Gasteiger partial charge is 0.139 e. The van der Waals surface area contributed by atoms with E-state index in [2.05, 4.69) is 0 Å². The van der Waals surface area contributed by atoms with Crippen molar-refractivity contribution in [2.75, 3.05) is 6.61 Å². The van der Waals surface area contributed by atoms with Gasteiger partial charge in [-0.3, -0.25) is 0 Å². The third-order valence-corrected chi connectivity index (χ3v) is 2.29. The number of rotatable bonds is 1. The van der Waals surface area contributed by atoms with E-state index in [0.717, 1.165) is 0 Å². The van der Waals surface area contributed by atoms with Crippen molar-refractivity contribution < 1.29 is 25.2 Å². The predicted octanol–water partition coefficient (Wildman–Crippen LogP) is -3.19. The number of ether oxygens (including phenoxy) is 1. The van der Waals surface area contributed by atoms with Gasteiger partial charge in [-0.1, -0.05) is 0 Å². The second kappa shape index (κ2) is 4.39. The molecular weight excluding hydrogens is 175 g/mol. The molecule has 1 aliphatic rings. The lowest BCUT2D eigenvalue weighted by Crippen LogP contribution is -2.44. The van der Waals surface area contributed by atoms with Crippen molar-refractivity contribution >= 4 is 7.85 Å². The van der Waals surface area contributed by atoms with Crippen LogP contribution in [-0.2, 0) is 4.74 Å². The van der Waals surface area contributed by atoms with Gasteiger partial charge in [-0.2, -0.15) is 0 Å². The summed E-state index contributed by atoms with van der Waals surface area (Å²) in [6, 6.07) is -0.279. The predicted molar refractivity (Wildman–Crippen MR) is 46.9 cm³/mol. The summed E-state index contributed by atoms with van der Waals surface area (Å²) in [6.07, 6.45) is -4.04. The third-order valence-electron chi connectivity index (χ3n) is 2.29. The highest BCUT2D eigenvalue weighted by Crippen LogP contribution is 2.18. The average molecular weight is 190 g/mol. The first kappa shape index (κ1) is 10.9. The summed E-state index contributed by atoms with van der Waals surface area (Å²) in [7, 11) is 1.72. The van der Waals surface area contributed by atoms with E-state index in [0.29, 0.717) is 0 Å². The second-order valence-corrected chi connectivity index (χ2v) is 3.45. The SMILES string of the molecule is BC1C[C@@H](O)[C@@H](O)[C@H](O)[C@@H](CO)O1. The fraction of sp³-hybridized carbons (Fsp3) is 1.00. The lowest BCUT2D eigenvalue weighted by Gasteiger charge is -2.23. The van der Waals surface area contributed by atoms with Gasteiger partial charge in [0, 0.05) is 6.00 Å². The Hall–Kier alpha value is -0.135. The molecule has 4 N–H and O–H groups in total. The Labute approximate surface area is 77.4 Å². The van der Waals surface area contributed by atoms with E-state index in [-0.39, 0.29) is 19.0 Å². The summed E-state index contributed by atoms with van der Waals surface area (Å²) in [5.41, 5.74) is 0. The number of hydrogen-bond donors (Lipinski definition) is 4. The van der Waals surface area contributed by atoms with Crippen LogP contribution in [0.2, 0.25) is 0 Å². The van der Waals surface area contributed by atoms with E-state index in [1.807, 2.05) is 0 Å². The normalized spacial score (nSPS) is 47.2. The van der Waals surface area contributed by atoms with E-state index in [1.54, 1.807) is 7.85 Å². The van der Waals surface area contributed by atoms with Gasteiger partial charge in [0.2, 0.25) is 0 Å². The zero-order valence-electron chi connectivity index (χ0n) is 7.50. The Morgan fingerprint density at radius 1 is 1.23 bits per heavy atom. The van der Waals surface area contributed by atoms with Gasteiger partial charge in [0.15, 0.2) is 0 Å². The van der Waals surface area contributed by atoms with Crippen LogP contribution in [0.1, 0.15) is 6.42 Å². The van der Waals surface area contributed by atoms with Crippen LogP contribution in [0.3, 0.4) is 0 Å². The van der Waals surface area contributed by atoms with Crippen molar-refractivity contribution in [3.8, 4) is 0 Å². The lowest BCUT2D eigenvalue weighted by atomic mass is 9.92. The molecular formula is C7H15BO5. The number of hydrogen-bond acceptors (Lipinski definition) is 5. The molecule has 13 heavy (non-hydrogen) atoms. The molecule has 1 rings (SSSR count). The topological polar surface area (TPSA) is 90.2 Å². The summed E-state index contributed by atoms with van der Waals surface area (Å²) in [5, 5.41) is 36.9. The molecule has 0 radical (unpaired) electrons. The molecule has 0 aromatic carbocycles. The van der Waals surface area contributed by atoms with Crippen LogP contribution < -0.4 is 0 Å². The second-order valence-electron chi connectivity index (χ2n) is 3.45. The Bertz CT molecular complexity index is 167. The van der Waals surface area contributed by atoms with Crippen LogP contribution in [0.25, 0.3) is 0 Å². The van der Waals surface area contributed by atoms with Crippen LogP contribution >= 0.6 is 0 Å². The molecule has 1 fully saturated rings. The van der Waals surface area contributed by atoms with Crippen molar-refractivity contribution in [3.05, 3.63) is 0 Å². The van der Waals surface area contributed by atoms with Crippen molar-refractivity contribution in [1.82, 2.24) is 0 Å². The van der Waals surface area contributed by atoms with Gasteiger partial charge in [-0.25, -0.2) is 0 Å². The standard InChI is InChI=1S/C7H15BO5/c8-5-1-3(10)6(11)7(12)4(2-9)13-5/h3-7,9-12H,1-2,8H2/t3-,4-,5?,6-,7-/m1/s1. The maximum absolute atomic E-state index is 9.41. The van der Waals surface area contributed by atoms with Gasteiger partial charge in [0.25, 0.3) is 0 Å². The Morgan fingerprint density at radius 2 is 1.85 bits per heavy atom. The van der Waals surface area contributed by atoms with Gasteiger partial charge in [0.05, 0.1) is 12.7 Å². The minimum Gasteiger partial charge on any atom is -0.394 e. The fourth-order valence-corrected chi connectivity index (χ4v) is 1.51. The first-order chi connectivity index (χ1) is 6.06. The average Bonchev–Trinajstić information content (AvgIpc) is 2.18. The molecule has 6 heteroatoms. The van der Waals surface area contributed by atoms with Gasteiger partial charge >= 0.3 is 0 Å². The van der Waals surface area contributed by atoms with Gasteiger partial charge in [0.1, 0.15) is 26.2 Å². The lowest BCUT2D eigenvalue weighted by molar-refractivity contribution is -0.109. The molecule has 0 amide bonds. The number of aliphatic hydroxyl groups is 4. The Kier molecular flexibility index (Phi) is 3.69. The van der Waals surface area contributed by atoms with Crippen LogP contribution in [0.15, 0.2) is 0 Å². The molecule has 0 bridgehead atoms. The van der Waals surface area contributed by atoms with Crippen LogP contribution in [0, 0.1) is 0 Å². The van der Waals surface area contributed by atoms with Gasteiger partial charge in [-0.15, -0.1) is 0 Å². The highest BCUT2D eigenvalue weighted by molar-refractivity contribution is 6.11. The van der Waals surface area contributed by atoms with Crippen molar-refractivity contribution in [2.24, 2.45) is 0 Å². The maximum Gasteiger partial charge on any atom is 0.139 e. The molecule has 0 aromatic rings. The summed E-state index contributed by atoms with van der Waals surface area (Å²) < 4.78 is 5.19. The summed E-state index contributed by atoms with van der Waals surface area (Å²) in [4.78, 5) is 0. The van der Waals surface area contributed by atoms with E-state index in [9.17, 15) is 15.3 Å². The maximum atomic E-state index is 9.41. The van der Waals surface area contributed by atoms with Gasteiger partial charge in [-0.05, 0) is 6.42 Å². The van der Waals surface area contributed by atoms with E-state index in [4.69, 9.17) is 9.84 Å². The first-order valence-electron chi connectivity index (χ1n) is 4.36. The Morgan fingerprint density at radius 3 is 2.38 bits per heavy atom. The molecule has 1 saturated heterocycles. The van der Waals surface area contributed by atoms with Crippen LogP contribution in [-0.4, -0.2) is 65.3 Å². The molecule has 76 valence electrons. The quantitative estimate of drug-likeness (QED) is 0.327. The number of aliphatic hydroxyl groups excluding tert-OH is 4. The molecule has 5 atom stereocenters. The Balaban J connectivity index is 2.69. The first-order valence-corrected chi connectivity index (χ1v) is 4.36. The van der Waals surface area contributed by atoms with Gasteiger partial charge < -0.3 is 25.2 Å². The van der Waals surface area contributed by atoms with Crippen molar-refractivity contribution in [2.45, 2.75) is 36.8 Å². The minimum atomic E-state index is -1.25. The fourth-order valence-electron chi connectivity index (χ4n) is 1.51. The molecule has 1 unspecified atom stereocenters. The van der Waals surface area contributed by atoms with Crippen LogP contribution in [0.5, 0.6) is 0 Å². The molecule has 0 saturated carbocycles. The zero-order valence-corrected chi connectivity index (χ0v) is 7.50. The largest absolute Gasteiger partial charge is 0.394 e. The molecule has 1 aliphatic heterocycles. The highest BCUT2D eigenvalue weighted by Gasteiger charge is 2.36. The highest BCUT2D eigenvalue weighted by atomic mass is 16.5. The van der Waals surface area contributed by atoms with Crippen molar-refractivity contribution in [1.29, 1.82) is 0 Å². The summed E-state index contributed by atoms with van der Waals surface area (Å²) in [6.45, 7) is -0.366. The molecule has 1 heterocycles. The molecule has 0 aliphatic carbocycles. The van der Waals surface area contributed by atoms with Crippen LogP contribution in [0.4, 0.5) is 0 Å². The van der Waals surface area contributed by atoms with E-state index in [1.165, 1.54) is 0 Å². The third kappa shape index (κ3) is 2.42. The zero-order chi connectivity index (χ0) is 10.0. The summed E-state index contributed by atoms with van der Waals surface area (Å²) in [5.74, 6) is 0. The molecule has 0 spiro atoms. The summed E-state index contributed by atoms with van der Waals surface area (Å²) >= 11 is 0.